The second-order valence-electron chi connectivity index (χ2n) is 7.66. The molecule has 0 bridgehead atoms. The molecule has 6 nitrogen and oxygen atoms in total. The number of aromatic hydroxyl groups is 1. The number of phenols is 1. The monoisotopic (exact) mass is 438 g/mol. The molecule has 0 fully saturated rings. The molecule has 3 rings (SSSR count). The first-order valence-corrected chi connectivity index (χ1v) is 9.74. The number of benzene rings is 1. The number of nitrogens with zero attached hydrogens (tertiary/aromatic N) is 2. The highest BCUT2D eigenvalue weighted by atomic mass is 19.4. The number of alkyl halides is 3. The minimum atomic E-state index is -4.57. The quantitative estimate of drug-likeness (QED) is 0.347. The number of aromatic amines is 1. The highest BCUT2D eigenvalue weighted by Gasteiger charge is 2.30. The van der Waals surface area contributed by atoms with Crippen molar-refractivity contribution in [3.63, 3.8) is 0 Å². The fourth-order valence-electron chi connectivity index (χ4n) is 3.19. The first kappa shape index (κ1) is 22.5. The first-order chi connectivity index (χ1) is 14.5. The maximum absolute atomic E-state index is 14.1. The number of pyridine rings is 1. The van der Waals surface area contributed by atoms with Crippen LogP contribution < -0.4 is 5.32 Å². The molecular weight excluding hydrogens is 416 g/mol. The summed E-state index contributed by atoms with van der Waals surface area (Å²) in [4.78, 5) is 16.7. The fourth-order valence-corrected chi connectivity index (χ4v) is 3.19. The molecule has 0 amide bonds. The molecular formula is C21H22F4N4O2. The Bertz CT molecular complexity index is 1120. The summed E-state index contributed by atoms with van der Waals surface area (Å²) in [6.07, 6.45) is -5.73. The maximum Gasteiger partial charge on any atom is 0.393 e. The zero-order valence-corrected chi connectivity index (χ0v) is 17.2. The van der Waals surface area contributed by atoms with Crippen LogP contribution in [0.5, 0.6) is 5.75 Å². The van der Waals surface area contributed by atoms with Crippen LogP contribution in [0.3, 0.4) is 0 Å². The van der Waals surface area contributed by atoms with E-state index in [1.807, 2.05) is 13.8 Å². The molecule has 0 unspecified atom stereocenters. The molecule has 3 N–H and O–H groups in total. The van der Waals surface area contributed by atoms with Crippen LogP contribution >= 0.6 is 0 Å². The van der Waals surface area contributed by atoms with Crippen LogP contribution in [0, 0.1) is 11.7 Å². The van der Waals surface area contributed by atoms with E-state index in [1.165, 1.54) is 6.07 Å². The van der Waals surface area contributed by atoms with Crippen molar-refractivity contribution in [2.75, 3.05) is 11.9 Å². The van der Waals surface area contributed by atoms with Crippen molar-refractivity contribution in [1.29, 1.82) is 0 Å². The second-order valence-corrected chi connectivity index (χ2v) is 7.66. The summed E-state index contributed by atoms with van der Waals surface area (Å²) in [5, 5.41) is 19.9. The Kier molecular flexibility index (Phi) is 6.19. The van der Waals surface area contributed by atoms with Gasteiger partial charge in [0.15, 0.2) is 17.3 Å². The van der Waals surface area contributed by atoms with Crippen LogP contribution in [0.1, 0.15) is 43.2 Å². The number of hydrogen-bond acceptors (Lipinski definition) is 5. The van der Waals surface area contributed by atoms with Crippen LogP contribution in [0.25, 0.3) is 22.2 Å². The Morgan fingerprint density at radius 2 is 1.97 bits per heavy atom. The highest BCUT2D eigenvalue weighted by molar-refractivity contribution is 6.10. The van der Waals surface area contributed by atoms with Gasteiger partial charge in [0.25, 0.3) is 0 Å². The molecule has 2 heterocycles. The van der Waals surface area contributed by atoms with Crippen molar-refractivity contribution in [2.24, 2.45) is 5.92 Å². The first-order valence-electron chi connectivity index (χ1n) is 9.74. The summed E-state index contributed by atoms with van der Waals surface area (Å²) in [6, 6.07) is 3.00. The number of fused-ring (bicyclic) bond motifs is 1. The predicted molar refractivity (Wildman–Crippen MR) is 109 cm³/mol. The normalized spacial score (nSPS) is 12.0. The van der Waals surface area contributed by atoms with Gasteiger partial charge in [-0.2, -0.15) is 18.3 Å². The van der Waals surface area contributed by atoms with E-state index in [2.05, 4.69) is 20.5 Å². The lowest BCUT2D eigenvalue weighted by molar-refractivity contribution is -0.127. The average molecular weight is 438 g/mol. The highest BCUT2D eigenvalue weighted by Crippen LogP contribution is 2.36. The number of Topliss-reactive ketones (excluding diaryl/α,β-unsaturated/α-hetero) is 1. The van der Waals surface area contributed by atoms with Crippen LogP contribution in [0.15, 0.2) is 18.2 Å². The van der Waals surface area contributed by atoms with Gasteiger partial charge in [0.05, 0.1) is 23.0 Å². The van der Waals surface area contributed by atoms with Gasteiger partial charge in [0, 0.05) is 18.5 Å². The lowest BCUT2D eigenvalue weighted by Gasteiger charge is -2.15. The van der Waals surface area contributed by atoms with E-state index in [0.717, 1.165) is 12.1 Å². The van der Waals surface area contributed by atoms with E-state index in [9.17, 15) is 27.5 Å². The van der Waals surface area contributed by atoms with Gasteiger partial charge >= 0.3 is 6.18 Å². The summed E-state index contributed by atoms with van der Waals surface area (Å²) in [5.41, 5.74) is 0.170. The number of nitrogens with one attached hydrogen (secondary N) is 2. The van der Waals surface area contributed by atoms with Gasteiger partial charge in [-0.1, -0.05) is 20.8 Å². The minimum absolute atomic E-state index is 0.0519. The zero-order valence-electron chi connectivity index (χ0n) is 17.2. The standard InChI is InChI=1S/C21H22F4N4O2/c1-4-16(30)19-18-15(28-29-19)7-14(27-20(18)26-9-10(2)3)12-6-13(22)17(31)5-11(12)8-21(23,24)25/h5-7,10,31H,4,8-9H2,1-3H3,(H,26,27)(H,28,29). The van der Waals surface area contributed by atoms with Crippen LogP contribution in [-0.2, 0) is 6.42 Å². The van der Waals surface area contributed by atoms with Crippen molar-refractivity contribution in [2.45, 2.75) is 39.8 Å². The van der Waals surface area contributed by atoms with E-state index >= 15 is 0 Å². The summed E-state index contributed by atoms with van der Waals surface area (Å²) >= 11 is 0. The van der Waals surface area contributed by atoms with Gasteiger partial charge in [-0.3, -0.25) is 9.89 Å². The Hall–Kier alpha value is -3.17. The zero-order chi connectivity index (χ0) is 22.9. The summed E-state index contributed by atoms with van der Waals surface area (Å²) in [5.74, 6) is -1.68. The van der Waals surface area contributed by atoms with Crippen molar-refractivity contribution in [3.8, 4) is 17.0 Å². The summed E-state index contributed by atoms with van der Waals surface area (Å²) in [6.45, 7) is 6.08. The Balaban J connectivity index is 2.24. The molecule has 166 valence electrons. The van der Waals surface area contributed by atoms with Crippen molar-refractivity contribution in [3.05, 3.63) is 35.3 Å². The number of H-pyrrole nitrogens is 1. The van der Waals surface area contributed by atoms with Crippen molar-refractivity contribution >= 4 is 22.5 Å². The molecule has 0 atom stereocenters. The second kappa shape index (κ2) is 8.52. The number of ketones is 1. The molecule has 3 aromatic rings. The average Bonchev–Trinajstić information content (AvgIpc) is 3.11. The smallest absolute Gasteiger partial charge is 0.393 e. The minimum Gasteiger partial charge on any atom is -0.505 e. The molecule has 0 aliphatic carbocycles. The van der Waals surface area contributed by atoms with Crippen LogP contribution in [-0.4, -0.2) is 38.8 Å². The van der Waals surface area contributed by atoms with E-state index in [0.29, 0.717) is 17.4 Å². The molecule has 0 aliphatic heterocycles. The number of hydrogen-bond donors (Lipinski definition) is 3. The maximum atomic E-state index is 14.1. The third kappa shape index (κ3) is 4.95. The number of rotatable bonds is 7. The molecule has 0 saturated heterocycles. The Labute approximate surface area is 175 Å². The van der Waals surface area contributed by atoms with Gasteiger partial charge in [-0.05, 0) is 29.7 Å². The lowest BCUT2D eigenvalue weighted by atomic mass is 9.99. The topological polar surface area (TPSA) is 90.9 Å². The molecule has 2 aromatic heterocycles. The van der Waals surface area contributed by atoms with E-state index in [4.69, 9.17) is 0 Å². The number of carbonyl (C=O) groups excluding carboxylic acids is 1. The SMILES string of the molecule is CCC(=O)c1n[nH]c2cc(-c3cc(F)c(O)cc3CC(F)(F)F)nc(NCC(C)C)c12. The summed E-state index contributed by atoms with van der Waals surface area (Å²) < 4.78 is 53.3. The Morgan fingerprint density at radius 1 is 1.26 bits per heavy atom. The molecule has 31 heavy (non-hydrogen) atoms. The van der Waals surface area contributed by atoms with Crippen LogP contribution in [0.4, 0.5) is 23.4 Å². The molecule has 0 spiro atoms. The lowest BCUT2D eigenvalue weighted by Crippen LogP contribution is -2.13. The predicted octanol–water partition coefficient (Wildman–Crippen LogP) is 5.24. The number of aromatic nitrogens is 3. The van der Waals surface area contributed by atoms with Gasteiger partial charge in [0.2, 0.25) is 0 Å². The van der Waals surface area contributed by atoms with Gasteiger partial charge < -0.3 is 10.4 Å². The summed E-state index contributed by atoms with van der Waals surface area (Å²) in [7, 11) is 0. The van der Waals surface area contributed by atoms with E-state index in [-0.39, 0.29) is 46.5 Å². The number of anilines is 1. The van der Waals surface area contributed by atoms with Crippen molar-refractivity contribution < 1.29 is 27.5 Å². The largest absolute Gasteiger partial charge is 0.505 e. The molecule has 0 saturated carbocycles. The van der Waals surface area contributed by atoms with E-state index in [1.54, 1.807) is 6.92 Å². The van der Waals surface area contributed by atoms with Crippen LogP contribution in [0.2, 0.25) is 0 Å². The van der Waals surface area contributed by atoms with Gasteiger partial charge in [-0.15, -0.1) is 0 Å². The van der Waals surface area contributed by atoms with Gasteiger partial charge in [0.1, 0.15) is 11.5 Å². The molecule has 10 heteroatoms. The number of carbonyl (C=O) groups is 1. The number of phenolic OH excluding ortho intramolecular Hbond substituents is 1. The molecule has 0 aliphatic rings. The molecule has 1 aromatic carbocycles. The van der Waals surface area contributed by atoms with E-state index < -0.39 is 24.2 Å². The number of halogens is 4. The molecule has 0 radical (unpaired) electrons. The van der Waals surface area contributed by atoms with Gasteiger partial charge in [-0.25, -0.2) is 9.37 Å². The third-order valence-electron chi connectivity index (χ3n) is 4.65. The van der Waals surface area contributed by atoms with Crippen molar-refractivity contribution in [1.82, 2.24) is 15.2 Å². The fraction of sp³-hybridized carbons (Fsp3) is 0.381. The Morgan fingerprint density at radius 3 is 2.58 bits per heavy atom. The third-order valence-corrected chi connectivity index (χ3v) is 4.65.